The first kappa shape index (κ1) is 24.0. The van der Waals surface area contributed by atoms with E-state index >= 15 is 0 Å². The van der Waals surface area contributed by atoms with Gasteiger partial charge in [0.2, 0.25) is 5.91 Å². The van der Waals surface area contributed by atoms with Gasteiger partial charge in [-0.3, -0.25) is 4.79 Å². The molecule has 2 heterocycles. The molecule has 0 aliphatic heterocycles. The van der Waals surface area contributed by atoms with Crippen LogP contribution in [0.2, 0.25) is 0 Å². The van der Waals surface area contributed by atoms with Crippen LogP contribution >= 0.6 is 12.4 Å². The fourth-order valence-corrected chi connectivity index (χ4v) is 3.31. The van der Waals surface area contributed by atoms with Gasteiger partial charge >= 0.3 is 6.03 Å². The molecule has 9 heteroatoms. The van der Waals surface area contributed by atoms with E-state index in [0.717, 1.165) is 22.7 Å². The summed E-state index contributed by atoms with van der Waals surface area (Å²) in [6, 6.07) is 7.65. The van der Waals surface area contributed by atoms with Gasteiger partial charge in [-0.2, -0.15) is 0 Å². The van der Waals surface area contributed by atoms with Crippen LogP contribution in [0.5, 0.6) is 0 Å². The zero-order chi connectivity index (χ0) is 21.8. The van der Waals surface area contributed by atoms with Gasteiger partial charge in [-0.1, -0.05) is 18.2 Å². The number of benzene rings is 1. The number of aryl methyl sites for hydroxylation is 4. The minimum atomic E-state index is -0.451. The minimum Gasteiger partial charge on any atom is -0.378 e. The smallest absolute Gasteiger partial charge is 0.319 e. The van der Waals surface area contributed by atoms with Crippen molar-refractivity contribution in [1.29, 1.82) is 0 Å². The third-order valence-electron chi connectivity index (χ3n) is 5.24. The van der Waals surface area contributed by atoms with E-state index in [-0.39, 0.29) is 24.9 Å². The van der Waals surface area contributed by atoms with E-state index in [1.807, 2.05) is 30.5 Å². The summed E-state index contributed by atoms with van der Waals surface area (Å²) in [5, 5.41) is 11.3. The van der Waals surface area contributed by atoms with Crippen molar-refractivity contribution in [1.82, 2.24) is 20.0 Å². The van der Waals surface area contributed by atoms with E-state index in [1.54, 1.807) is 0 Å². The number of halogens is 1. The SMILES string of the molecule is CNC(=O)CNC(=O)Nc1cc(NCc2c(C)cccc2C)c2nc(C)c(C)n2c1.Cl. The summed E-state index contributed by atoms with van der Waals surface area (Å²) >= 11 is 0. The van der Waals surface area contributed by atoms with Crippen LogP contribution < -0.4 is 21.3 Å². The molecule has 3 amide bonds. The van der Waals surface area contributed by atoms with Gasteiger partial charge in [0, 0.05) is 25.5 Å². The first-order valence-electron chi connectivity index (χ1n) is 9.84. The number of hydrogen-bond donors (Lipinski definition) is 4. The molecule has 0 unspecified atom stereocenters. The van der Waals surface area contributed by atoms with Gasteiger partial charge < -0.3 is 25.7 Å². The van der Waals surface area contributed by atoms with Crippen LogP contribution in [-0.2, 0) is 11.3 Å². The first-order chi connectivity index (χ1) is 14.3. The second kappa shape index (κ2) is 10.2. The van der Waals surface area contributed by atoms with E-state index in [1.165, 1.54) is 23.7 Å². The molecule has 0 spiro atoms. The quantitative estimate of drug-likeness (QED) is 0.467. The Kier molecular flexibility index (Phi) is 7.88. The number of nitrogens with one attached hydrogen (secondary N) is 4. The number of carbonyl (C=O) groups excluding carboxylic acids is 2. The molecule has 2 aromatic heterocycles. The van der Waals surface area contributed by atoms with Crippen LogP contribution in [0.4, 0.5) is 16.2 Å². The van der Waals surface area contributed by atoms with E-state index in [2.05, 4.69) is 58.3 Å². The highest BCUT2D eigenvalue weighted by molar-refractivity contribution is 5.93. The molecule has 4 N–H and O–H groups in total. The molecule has 166 valence electrons. The van der Waals surface area contributed by atoms with Gasteiger partial charge in [-0.05, 0) is 50.5 Å². The predicted molar refractivity (Wildman–Crippen MR) is 126 cm³/mol. The molecular formula is C22H29ClN6O2. The highest BCUT2D eigenvalue weighted by Gasteiger charge is 2.13. The molecule has 31 heavy (non-hydrogen) atoms. The van der Waals surface area contributed by atoms with E-state index in [4.69, 9.17) is 0 Å². The lowest BCUT2D eigenvalue weighted by Gasteiger charge is -2.15. The maximum absolute atomic E-state index is 12.2. The average molecular weight is 445 g/mol. The van der Waals surface area contributed by atoms with Crippen molar-refractivity contribution in [2.45, 2.75) is 34.2 Å². The number of rotatable bonds is 6. The lowest BCUT2D eigenvalue weighted by atomic mass is 10.0. The molecule has 1 aromatic carbocycles. The molecule has 0 aliphatic carbocycles. The number of amides is 3. The second-order valence-electron chi connectivity index (χ2n) is 7.32. The molecular weight excluding hydrogens is 416 g/mol. The monoisotopic (exact) mass is 444 g/mol. The normalized spacial score (nSPS) is 10.4. The van der Waals surface area contributed by atoms with Gasteiger partial charge in [0.05, 0.1) is 23.6 Å². The zero-order valence-electron chi connectivity index (χ0n) is 18.4. The van der Waals surface area contributed by atoms with Crippen molar-refractivity contribution < 1.29 is 9.59 Å². The van der Waals surface area contributed by atoms with Crippen LogP contribution in [0.15, 0.2) is 30.5 Å². The van der Waals surface area contributed by atoms with Gasteiger partial charge in [0.15, 0.2) is 5.65 Å². The topological polar surface area (TPSA) is 99.6 Å². The Morgan fingerprint density at radius 1 is 1.10 bits per heavy atom. The maximum Gasteiger partial charge on any atom is 0.319 e. The number of pyridine rings is 1. The lowest BCUT2D eigenvalue weighted by molar-refractivity contribution is -0.119. The maximum atomic E-state index is 12.2. The highest BCUT2D eigenvalue weighted by Crippen LogP contribution is 2.25. The molecule has 0 aliphatic rings. The van der Waals surface area contributed by atoms with Crippen LogP contribution in [-0.4, -0.2) is 34.9 Å². The molecule has 0 bridgehead atoms. The standard InChI is InChI=1S/C22H28N6O2.ClH/c1-13-7-6-8-14(2)18(13)10-24-19-9-17(27-22(30)25-11-20(29)23-5)12-28-16(4)15(3)26-21(19)28;/h6-9,12,24H,10-11H2,1-5H3,(H,23,29)(H2,25,27,30);1H. The molecule has 0 atom stereocenters. The zero-order valence-corrected chi connectivity index (χ0v) is 19.2. The van der Waals surface area contributed by atoms with Crippen molar-refractivity contribution in [2.75, 3.05) is 24.2 Å². The van der Waals surface area contributed by atoms with Crippen LogP contribution in [0.25, 0.3) is 5.65 Å². The fraction of sp³-hybridized carbons (Fsp3) is 0.318. The van der Waals surface area contributed by atoms with Gasteiger partial charge in [-0.15, -0.1) is 12.4 Å². The summed E-state index contributed by atoms with van der Waals surface area (Å²) in [6.07, 6.45) is 1.83. The fourth-order valence-electron chi connectivity index (χ4n) is 3.31. The van der Waals surface area contributed by atoms with Crippen LogP contribution in [0, 0.1) is 27.7 Å². The Morgan fingerprint density at radius 2 is 1.77 bits per heavy atom. The van der Waals surface area contributed by atoms with Gasteiger partial charge in [0.1, 0.15) is 0 Å². The van der Waals surface area contributed by atoms with Crippen molar-refractivity contribution in [2.24, 2.45) is 0 Å². The third-order valence-corrected chi connectivity index (χ3v) is 5.24. The first-order valence-corrected chi connectivity index (χ1v) is 9.84. The van der Waals surface area contributed by atoms with E-state index < -0.39 is 6.03 Å². The summed E-state index contributed by atoms with van der Waals surface area (Å²) in [5.41, 5.74) is 7.80. The number of fused-ring (bicyclic) bond motifs is 1. The molecule has 8 nitrogen and oxygen atoms in total. The van der Waals surface area contributed by atoms with Crippen molar-refractivity contribution in [3.05, 3.63) is 58.5 Å². The molecule has 3 rings (SSSR count). The summed E-state index contributed by atoms with van der Waals surface area (Å²) < 4.78 is 1.96. The average Bonchev–Trinajstić information content (AvgIpc) is 3.00. The number of imidazole rings is 1. The number of carbonyl (C=O) groups is 2. The van der Waals surface area contributed by atoms with Gasteiger partial charge in [-0.25, -0.2) is 9.78 Å². The molecule has 0 fully saturated rings. The number of hydrogen-bond acceptors (Lipinski definition) is 4. The summed E-state index contributed by atoms with van der Waals surface area (Å²) in [4.78, 5) is 28.2. The van der Waals surface area contributed by atoms with Crippen molar-refractivity contribution >= 4 is 41.4 Å². The molecule has 3 aromatic rings. The Morgan fingerprint density at radius 3 is 2.42 bits per heavy atom. The summed E-state index contributed by atoms with van der Waals surface area (Å²) in [6.45, 7) is 8.69. The highest BCUT2D eigenvalue weighted by atomic mass is 35.5. The summed E-state index contributed by atoms with van der Waals surface area (Å²) in [5.74, 6) is -0.266. The number of anilines is 2. The number of nitrogens with zero attached hydrogens (tertiary/aromatic N) is 2. The Labute approximate surface area is 188 Å². The Bertz CT molecular complexity index is 1090. The summed E-state index contributed by atoms with van der Waals surface area (Å²) in [7, 11) is 1.52. The van der Waals surface area contributed by atoms with Gasteiger partial charge in [0.25, 0.3) is 0 Å². The second-order valence-corrected chi connectivity index (χ2v) is 7.32. The molecule has 0 saturated carbocycles. The number of urea groups is 1. The molecule has 0 saturated heterocycles. The van der Waals surface area contributed by atoms with Crippen LogP contribution in [0.3, 0.4) is 0 Å². The van der Waals surface area contributed by atoms with Crippen LogP contribution in [0.1, 0.15) is 28.1 Å². The largest absolute Gasteiger partial charge is 0.378 e. The lowest BCUT2D eigenvalue weighted by Crippen LogP contribution is -2.37. The predicted octanol–water partition coefficient (Wildman–Crippen LogP) is 3.47. The van der Waals surface area contributed by atoms with E-state index in [0.29, 0.717) is 12.2 Å². The van der Waals surface area contributed by atoms with Crippen molar-refractivity contribution in [3.8, 4) is 0 Å². The third kappa shape index (κ3) is 5.46. The number of likely N-dealkylation sites (N-methyl/N-ethyl adjacent to an activating group) is 1. The molecule has 0 radical (unpaired) electrons. The number of aromatic nitrogens is 2. The Hall–Kier alpha value is -3.26. The minimum absolute atomic E-state index is 0. The van der Waals surface area contributed by atoms with Crippen molar-refractivity contribution in [3.63, 3.8) is 0 Å². The van der Waals surface area contributed by atoms with E-state index in [9.17, 15) is 9.59 Å². The Balaban J connectivity index is 0.00000341.